The van der Waals surface area contributed by atoms with Crippen LogP contribution >= 0.6 is 11.6 Å². The molecule has 6 nitrogen and oxygen atoms in total. The average Bonchev–Trinajstić information content (AvgIpc) is 3.14. The van der Waals surface area contributed by atoms with E-state index in [0.717, 1.165) is 6.07 Å². The van der Waals surface area contributed by atoms with Crippen LogP contribution in [0.25, 0.3) is 5.69 Å². The monoisotopic (exact) mass is 530 g/mol. The lowest BCUT2D eigenvalue weighted by molar-refractivity contribution is -0.148. The molecule has 0 spiro atoms. The van der Waals surface area contributed by atoms with Gasteiger partial charge in [-0.2, -0.15) is 26.3 Å². The Morgan fingerprint density at radius 3 is 2.39 bits per heavy atom. The maximum Gasteiger partial charge on any atom is 0.433 e. The fourth-order valence-electron chi connectivity index (χ4n) is 4.84. The van der Waals surface area contributed by atoms with Gasteiger partial charge >= 0.3 is 12.4 Å². The summed E-state index contributed by atoms with van der Waals surface area (Å²) >= 11 is 6.15. The Hall–Kier alpha value is -2.86. The van der Waals surface area contributed by atoms with E-state index >= 15 is 0 Å². The number of hydrogen-bond donors (Lipinski definition) is 0. The first kappa shape index (κ1) is 24.8. The number of halogens is 7. The van der Waals surface area contributed by atoms with Crippen molar-refractivity contribution >= 4 is 17.4 Å². The van der Waals surface area contributed by atoms with Gasteiger partial charge in [0.25, 0.3) is 0 Å². The number of piperidine rings is 1. The van der Waals surface area contributed by atoms with Gasteiger partial charge in [0.1, 0.15) is 17.3 Å². The molecule has 1 saturated heterocycles. The zero-order valence-corrected chi connectivity index (χ0v) is 19.6. The summed E-state index contributed by atoms with van der Waals surface area (Å²) in [5.74, 6) is 1.20. The van der Waals surface area contributed by atoms with Gasteiger partial charge < -0.3 is 4.90 Å². The fourth-order valence-corrected chi connectivity index (χ4v) is 5.04. The van der Waals surface area contributed by atoms with Crippen LogP contribution in [-0.4, -0.2) is 50.5 Å². The molecule has 4 heterocycles. The van der Waals surface area contributed by atoms with Gasteiger partial charge in [-0.25, -0.2) is 4.98 Å². The van der Waals surface area contributed by atoms with E-state index in [9.17, 15) is 26.3 Å². The number of hydrogen-bond acceptors (Lipinski definition) is 5. The molecule has 0 radical (unpaired) electrons. The molecule has 0 atom stereocenters. The van der Waals surface area contributed by atoms with Crippen molar-refractivity contribution in [1.82, 2.24) is 24.6 Å². The maximum absolute atomic E-state index is 13.2. The van der Waals surface area contributed by atoms with E-state index < -0.39 is 24.6 Å². The van der Waals surface area contributed by atoms with Crippen LogP contribution in [0.1, 0.15) is 41.7 Å². The predicted octanol–water partition coefficient (Wildman–Crippen LogP) is 5.60. The Labute approximate surface area is 207 Å². The third-order valence-corrected chi connectivity index (χ3v) is 6.64. The van der Waals surface area contributed by atoms with Crippen LogP contribution in [0.2, 0.25) is 5.02 Å². The van der Waals surface area contributed by atoms with Gasteiger partial charge in [0, 0.05) is 30.6 Å². The van der Waals surface area contributed by atoms with Gasteiger partial charge in [-0.15, -0.1) is 10.2 Å². The van der Waals surface area contributed by atoms with Gasteiger partial charge in [-0.3, -0.25) is 9.47 Å². The molecular weight excluding hydrogens is 510 g/mol. The lowest BCUT2D eigenvalue weighted by Gasteiger charge is -2.32. The van der Waals surface area contributed by atoms with Crippen LogP contribution in [0.3, 0.4) is 0 Å². The molecule has 5 rings (SSSR count). The molecular formula is C23H21ClF6N6. The molecule has 13 heteroatoms. The molecule has 0 N–H and O–H groups in total. The number of nitrogens with zero attached hydrogens (tertiary/aromatic N) is 6. The van der Waals surface area contributed by atoms with Crippen LogP contribution in [0.15, 0.2) is 36.4 Å². The van der Waals surface area contributed by atoms with Crippen molar-refractivity contribution in [2.45, 2.75) is 44.2 Å². The first-order valence-electron chi connectivity index (χ1n) is 11.3. The highest BCUT2D eigenvalue weighted by Crippen LogP contribution is 2.36. The molecule has 36 heavy (non-hydrogen) atoms. The Morgan fingerprint density at radius 2 is 1.69 bits per heavy atom. The fraction of sp³-hybridized carbons (Fsp3) is 0.435. The molecule has 0 aliphatic carbocycles. The standard InChI is InChI=1S/C23H21ClF6N6/c24-16-4-5-17-15(10-16)11-34(13-22(25,26)27)12-20-32-33-21(36(17)20)14-6-8-35(9-7-14)19-3-1-2-18(31-19)23(28,29)30/h1-5,10,14H,6-9,11-13H2. The molecule has 1 aromatic carbocycles. The summed E-state index contributed by atoms with van der Waals surface area (Å²) in [7, 11) is 0. The van der Waals surface area contributed by atoms with Crippen molar-refractivity contribution in [1.29, 1.82) is 0 Å². The van der Waals surface area contributed by atoms with Crippen molar-refractivity contribution in [3.63, 3.8) is 0 Å². The summed E-state index contributed by atoms with van der Waals surface area (Å²) in [6.45, 7) is -0.170. The predicted molar refractivity (Wildman–Crippen MR) is 120 cm³/mol. The zero-order valence-electron chi connectivity index (χ0n) is 18.8. The molecule has 1 fully saturated rings. The van der Waals surface area contributed by atoms with Crippen LogP contribution < -0.4 is 4.90 Å². The SMILES string of the molecule is FC(F)(F)CN1Cc2cc(Cl)ccc2-n2c(nnc2C2CCN(c3cccc(C(F)(F)F)n3)CC2)C1. The van der Waals surface area contributed by atoms with E-state index in [1.807, 2.05) is 4.57 Å². The minimum atomic E-state index is -4.52. The second kappa shape index (κ2) is 9.22. The van der Waals surface area contributed by atoms with E-state index in [1.54, 1.807) is 29.2 Å². The van der Waals surface area contributed by atoms with Crippen molar-refractivity contribution < 1.29 is 26.3 Å². The van der Waals surface area contributed by atoms with Crippen LogP contribution in [0, 0.1) is 0 Å². The van der Waals surface area contributed by atoms with Gasteiger partial charge in [0.15, 0.2) is 5.82 Å². The lowest BCUT2D eigenvalue weighted by Crippen LogP contribution is -2.34. The minimum absolute atomic E-state index is 0.0359. The molecule has 2 aliphatic rings. The Bertz CT molecular complexity index is 1250. The van der Waals surface area contributed by atoms with Crippen molar-refractivity contribution in [2.75, 3.05) is 24.5 Å². The molecule has 0 amide bonds. The van der Waals surface area contributed by atoms with Crippen molar-refractivity contribution in [2.24, 2.45) is 0 Å². The second-order valence-electron chi connectivity index (χ2n) is 8.98. The van der Waals surface area contributed by atoms with Crippen LogP contribution in [0.4, 0.5) is 32.2 Å². The van der Waals surface area contributed by atoms with E-state index in [-0.39, 0.29) is 24.8 Å². The summed E-state index contributed by atoms with van der Waals surface area (Å²) in [6.07, 6.45) is -7.75. The normalized spacial score (nSPS) is 17.6. The quantitative estimate of drug-likeness (QED) is 0.413. The zero-order chi connectivity index (χ0) is 25.7. The lowest BCUT2D eigenvalue weighted by atomic mass is 9.95. The number of rotatable bonds is 3. The summed E-state index contributed by atoms with van der Waals surface area (Å²) in [5, 5.41) is 9.00. The highest BCUT2D eigenvalue weighted by molar-refractivity contribution is 6.30. The average molecular weight is 531 g/mol. The summed E-state index contributed by atoms with van der Waals surface area (Å²) < 4.78 is 80.6. The largest absolute Gasteiger partial charge is 0.433 e. The van der Waals surface area contributed by atoms with Crippen molar-refractivity contribution in [3.05, 3.63) is 64.3 Å². The smallest absolute Gasteiger partial charge is 0.357 e. The first-order valence-corrected chi connectivity index (χ1v) is 11.7. The van der Waals surface area contributed by atoms with Gasteiger partial charge in [0.2, 0.25) is 0 Å². The van der Waals surface area contributed by atoms with E-state index in [0.29, 0.717) is 53.9 Å². The van der Waals surface area contributed by atoms with E-state index in [4.69, 9.17) is 11.6 Å². The summed E-state index contributed by atoms with van der Waals surface area (Å²) in [4.78, 5) is 6.83. The number of benzene rings is 1. The van der Waals surface area contributed by atoms with Crippen LogP contribution in [-0.2, 0) is 19.3 Å². The molecule has 2 aromatic heterocycles. The number of aromatic nitrogens is 4. The van der Waals surface area contributed by atoms with E-state index in [1.165, 1.54) is 11.0 Å². The van der Waals surface area contributed by atoms with Gasteiger partial charge in [-0.1, -0.05) is 17.7 Å². The molecule has 192 valence electrons. The molecule has 2 aliphatic heterocycles. The topological polar surface area (TPSA) is 50.1 Å². The number of fused-ring (bicyclic) bond motifs is 3. The molecule has 0 bridgehead atoms. The summed E-state index contributed by atoms with van der Waals surface area (Å²) in [5.41, 5.74) is 0.377. The third-order valence-electron chi connectivity index (χ3n) is 6.41. The first-order chi connectivity index (χ1) is 17.0. The minimum Gasteiger partial charge on any atom is -0.357 e. The number of pyridine rings is 1. The Kier molecular flexibility index (Phi) is 6.36. The molecule has 0 unspecified atom stereocenters. The van der Waals surface area contributed by atoms with E-state index in [2.05, 4.69) is 15.2 Å². The molecule has 3 aromatic rings. The number of alkyl halides is 6. The Morgan fingerprint density at radius 1 is 0.944 bits per heavy atom. The number of anilines is 1. The summed E-state index contributed by atoms with van der Waals surface area (Å²) in [6, 6.07) is 8.91. The second-order valence-corrected chi connectivity index (χ2v) is 9.42. The third kappa shape index (κ3) is 5.15. The Balaban J connectivity index is 1.41. The van der Waals surface area contributed by atoms with Crippen LogP contribution in [0.5, 0.6) is 0 Å². The maximum atomic E-state index is 13.2. The highest BCUT2D eigenvalue weighted by Gasteiger charge is 2.36. The van der Waals surface area contributed by atoms with Crippen molar-refractivity contribution in [3.8, 4) is 5.69 Å². The molecule has 0 saturated carbocycles. The highest BCUT2D eigenvalue weighted by atomic mass is 35.5. The van der Waals surface area contributed by atoms with Gasteiger partial charge in [-0.05, 0) is 48.7 Å². The van der Waals surface area contributed by atoms with Gasteiger partial charge in [0.05, 0.1) is 18.8 Å².